The van der Waals surface area contributed by atoms with Crippen LogP contribution in [-0.2, 0) is 8.85 Å². The van der Waals surface area contributed by atoms with Gasteiger partial charge in [-0.1, -0.05) is 86.1 Å². The Balaban J connectivity index is 1.35. The Labute approximate surface area is 264 Å². The smallest absolute Gasteiger partial charge is 0.192 e. The molecular formula is C38H70O2Si2. The van der Waals surface area contributed by atoms with Crippen LogP contribution in [0.3, 0.4) is 0 Å². The van der Waals surface area contributed by atoms with E-state index in [1.807, 2.05) is 0 Å². The Hall–Kier alpha value is -0.166. The molecule has 4 aliphatic carbocycles. The summed E-state index contributed by atoms with van der Waals surface area (Å²) in [6, 6.07) is 0. The lowest BCUT2D eigenvalue weighted by Crippen LogP contribution is -2.52. The maximum Gasteiger partial charge on any atom is 0.192 e. The average molecular weight is 615 g/mol. The zero-order chi connectivity index (χ0) is 31.4. The highest BCUT2D eigenvalue weighted by Gasteiger charge is 2.59. The van der Waals surface area contributed by atoms with Crippen LogP contribution in [0.5, 0.6) is 0 Å². The van der Waals surface area contributed by atoms with Crippen molar-refractivity contribution in [1.29, 1.82) is 0 Å². The molecule has 0 spiro atoms. The van der Waals surface area contributed by atoms with E-state index in [4.69, 9.17) is 8.85 Å². The quantitative estimate of drug-likeness (QED) is 0.146. The molecule has 0 heterocycles. The van der Waals surface area contributed by atoms with Gasteiger partial charge in [0.05, 0.1) is 0 Å². The number of hydrogen-bond acceptors (Lipinski definition) is 2. The minimum Gasteiger partial charge on any atom is -0.417 e. The summed E-state index contributed by atoms with van der Waals surface area (Å²) in [5, 5.41) is 0.592. The Morgan fingerprint density at radius 3 is 2.21 bits per heavy atom. The molecule has 0 N–H and O–H groups in total. The molecule has 4 aliphatic rings. The molecule has 1 unspecified atom stereocenters. The molecule has 0 saturated heterocycles. The van der Waals surface area contributed by atoms with Gasteiger partial charge in [-0.15, -0.1) is 0 Å². The Morgan fingerprint density at radius 2 is 1.57 bits per heavy atom. The monoisotopic (exact) mass is 614 g/mol. The standard InChI is InChI=1S/C38H70O2Si2/c1-28(17-15-14-16-26-39-41(10,11)35(2,3)4)32-20-21-33-31-19-18-29-27-30(40-42(12,13)36(5,6)7)22-24-37(29,8)34(31)23-25-38(32,33)9/h15,17-18,28,30-34H,14,16,19-27H2,1-13H3/b17-15+/t28-,30?,31-,32+,33-,34-,37-,38+/m0/s1. The van der Waals surface area contributed by atoms with Crippen LogP contribution in [0.2, 0.25) is 36.3 Å². The topological polar surface area (TPSA) is 18.5 Å². The lowest BCUT2D eigenvalue weighted by Gasteiger charge is -2.59. The van der Waals surface area contributed by atoms with Crippen molar-refractivity contribution in [2.24, 2.45) is 40.4 Å². The molecule has 8 atom stereocenters. The summed E-state index contributed by atoms with van der Waals surface area (Å²) < 4.78 is 13.4. The number of unbranched alkanes of at least 4 members (excludes halogenated alkanes) is 1. The van der Waals surface area contributed by atoms with Gasteiger partial charge in [0.25, 0.3) is 0 Å². The molecule has 0 radical (unpaired) electrons. The Morgan fingerprint density at radius 1 is 0.905 bits per heavy atom. The summed E-state index contributed by atoms with van der Waals surface area (Å²) in [5.41, 5.74) is 2.69. The van der Waals surface area contributed by atoms with Gasteiger partial charge in [-0.3, -0.25) is 0 Å². The van der Waals surface area contributed by atoms with E-state index in [-0.39, 0.29) is 5.04 Å². The van der Waals surface area contributed by atoms with Gasteiger partial charge in [-0.05, 0) is 141 Å². The van der Waals surface area contributed by atoms with Crippen LogP contribution in [0, 0.1) is 40.4 Å². The van der Waals surface area contributed by atoms with Gasteiger partial charge >= 0.3 is 0 Å². The maximum absolute atomic E-state index is 6.97. The fourth-order valence-corrected chi connectivity index (χ4v) is 11.9. The summed E-state index contributed by atoms with van der Waals surface area (Å²) >= 11 is 0. The molecule has 2 nitrogen and oxygen atoms in total. The molecule has 242 valence electrons. The molecule has 42 heavy (non-hydrogen) atoms. The van der Waals surface area contributed by atoms with E-state index in [9.17, 15) is 0 Å². The SMILES string of the molecule is C[C@@H](/C=C/CCCO[Si](C)(C)C(C)(C)C)[C@H]1CC[C@H]2[C@@H]3CC=C4CC(O[Si](C)(C)C(C)(C)C)CC[C@]4(C)[C@H]3CC[C@]12C. The first-order chi connectivity index (χ1) is 19.2. The summed E-state index contributed by atoms with van der Waals surface area (Å²) in [5.74, 6) is 4.21. The van der Waals surface area contributed by atoms with Gasteiger partial charge in [0, 0.05) is 12.7 Å². The molecule has 0 amide bonds. The van der Waals surface area contributed by atoms with Crippen LogP contribution in [0.25, 0.3) is 0 Å². The van der Waals surface area contributed by atoms with Crippen molar-refractivity contribution in [3.05, 3.63) is 23.8 Å². The zero-order valence-corrected chi connectivity index (χ0v) is 32.3. The summed E-state index contributed by atoms with van der Waals surface area (Å²) in [6.45, 7) is 32.6. The minimum absolute atomic E-state index is 0.290. The van der Waals surface area contributed by atoms with E-state index < -0.39 is 16.6 Å². The van der Waals surface area contributed by atoms with Gasteiger partial charge in [-0.2, -0.15) is 0 Å². The van der Waals surface area contributed by atoms with Gasteiger partial charge in [-0.25, -0.2) is 0 Å². The molecule has 3 saturated carbocycles. The second-order valence-corrected chi connectivity index (χ2v) is 28.3. The predicted octanol–water partition coefficient (Wildman–Crippen LogP) is 12.0. The maximum atomic E-state index is 6.97. The van der Waals surface area contributed by atoms with Crippen LogP contribution >= 0.6 is 0 Å². The number of allylic oxidation sites excluding steroid dienone is 3. The minimum atomic E-state index is -1.72. The van der Waals surface area contributed by atoms with Gasteiger partial charge in [0.1, 0.15) is 0 Å². The van der Waals surface area contributed by atoms with Crippen molar-refractivity contribution < 1.29 is 8.85 Å². The van der Waals surface area contributed by atoms with Crippen molar-refractivity contribution >= 4 is 16.6 Å². The van der Waals surface area contributed by atoms with Gasteiger partial charge in [0.2, 0.25) is 0 Å². The van der Waals surface area contributed by atoms with Crippen LogP contribution in [-0.4, -0.2) is 29.3 Å². The van der Waals surface area contributed by atoms with Crippen molar-refractivity contribution in [3.63, 3.8) is 0 Å². The molecular weight excluding hydrogens is 545 g/mol. The number of hydrogen-bond donors (Lipinski definition) is 0. The Kier molecular flexibility index (Phi) is 10.1. The van der Waals surface area contributed by atoms with Gasteiger partial charge in [0.15, 0.2) is 16.6 Å². The lowest BCUT2D eigenvalue weighted by atomic mass is 9.47. The molecule has 0 aromatic carbocycles. The van der Waals surface area contributed by atoms with Crippen molar-refractivity contribution in [1.82, 2.24) is 0 Å². The lowest BCUT2D eigenvalue weighted by molar-refractivity contribution is -0.0532. The summed E-state index contributed by atoms with van der Waals surface area (Å²) in [4.78, 5) is 0. The first kappa shape index (κ1) is 34.7. The van der Waals surface area contributed by atoms with Crippen molar-refractivity contribution in [2.75, 3.05) is 6.61 Å². The molecule has 0 bridgehead atoms. The van der Waals surface area contributed by atoms with Crippen LogP contribution < -0.4 is 0 Å². The average Bonchev–Trinajstić information content (AvgIpc) is 3.22. The van der Waals surface area contributed by atoms with Crippen LogP contribution in [0.1, 0.15) is 127 Å². The second kappa shape index (κ2) is 12.2. The van der Waals surface area contributed by atoms with Gasteiger partial charge < -0.3 is 8.85 Å². The molecule has 3 fully saturated rings. The van der Waals surface area contributed by atoms with Crippen molar-refractivity contribution in [2.45, 2.75) is 169 Å². The first-order valence-electron chi connectivity index (χ1n) is 17.9. The molecule has 0 aromatic rings. The van der Waals surface area contributed by atoms with Crippen LogP contribution in [0.15, 0.2) is 23.8 Å². The third-order valence-corrected chi connectivity index (χ3v) is 23.3. The zero-order valence-electron chi connectivity index (χ0n) is 30.3. The molecule has 4 rings (SSSR count). The first-order valence-corrected chi connectivity index (χ1v) is 23.7. The van der Waals surface area contributed by atoms with Crippen molar-refractivity contribution in [3.8, 4) is 0 Å². The third-order valence-electron chi connectivity index (χ3n) is 14.3. The normalized spacial score (nSPS) is 36.8. The van der Waals surface area contributed by atoms with E-state index in [0.29, 0.717) is 27.9 Å². The number of rotatable bonds is 9. The van der Waals surface area contributed by atoms with E-state index in [2.05, 4.69) is 107 Å². The molecule has 0 aromatic heterocycles. The largest absolute Gasteiger partial charge is 0.417 e. The van der Waals surface area contributed by atoms with E-state index >= 15 is 0 Å². The molecule has 4 heteroatoms. The molecule has 0 aliphatic heterocycles. The fraction of sp³-hybridized carbons (Fsp3) is 0.895. The number of fused-ring (bicyclic) bond motifs is 5. The fourth-order valence-electron chi connectivity index (χ4n) is 9.42. The van der Waals surface area contributed by atoms with Crippen LogP contribution in [0.4, 0.5) is 0 Å². The summed E-state index contributed by atoms with van der Waals surface area (Å²) in [7, 11) is -3.34. The summed E-state index contributed by atoms with van der Waals surface area (Å²) in [6.07, 6.45) is 21.4. The second-order valence-electron chi connectivity index (χ2n) is 18.8. The highest BCUT2D eigenvalue weighted by atomic mass is 28.4. The highest BCUT2D eigenvalue weighted by Crippen LogP contribution is 2.67. The van der Waals surface area contributed by atoms with E-state index in [0.717, 1.165) is 43.1 Å². The van der Waals surface area contributed by atoms with E-state index in [1.54, 1.807) is 5.57 Å². The predicted molar refractivity (Wildman–Crippen MR) is 188 cm³/mol. The van der Waals surface area contributed by atoms with E-state index in [1.165, 1.54) is 51.4 Å². The highest BCUT2D eigenvalue weighted by molar-refractivity contribution is 6.74. The third kappa shape index (κ3) is 6.68. The Bertz CT molecular complexity index is 998.